The van der Waals surface area contributed by atoms with E-state index in [1.807, 2.05) is 4.90 Å². The molecule has 0 unspecified atom stereocenters. The number of amides is 1. The average Bonchev–Trinajstić information content (AvgIpc) is 2.81. The summed E-state index contributed by atoms with van der Waals surface area (Å²) >= 11 is 0. The third-order valence-electron chi connectivity index (χ3n) is 6.63. The van der Waals surface area contributed by atoms with Gasteiger partial charge in [0.15, 0.2) is 0 Å². The highest BCUT2D eigenvalue weighted by molar-refractivity contribution is 7.88. The minimum absolute atomic E-state index is 0.0860. The van der Waals surface area contributed by atoms with Gasteiger partial charge in [-0.05, 0) is 48.2 Å². The summed E-state index contributed by atoms with van der Waals surface area (Å²) < 4.78 is 51.9. The van der Waals surface area contributed by atoms with Gasteiger partial charge in [0.2, 0.25) is 15.9 Å². The molecule has 2 aliphatic rings. The van der Waals surface area contributed by atoms with Crippen LogP contribution in [0.5, 0.6) is 0 Å². The molecule has 33 heavy (non-hydrogen) atoms. The Morgan fingerprint density at radius 2 is 1.27 bits per heavy atom. The van der Waals surface area contributed by atoms with E-state index in [4.69, 9.17) is 0 Å². The molecule has 0 saturated carbocycles. The van der Waals surface area contributed by atoms with Gasteiger partial charge in [-0.3, -0.25) is 9.69 Å². The molecule has 0 atom stereocenters. The highest BCUT2D eigenvalue weighted by atomic mass is 32.2. The minimum atomic E-state index is -3.22. The Hall–Kier alpha value is -2.36. The summed E-state index contributed by atoms with van der Waals surface area (Å²) in [7, 11) is -3.22. The predicted molar refractivity (Wildman–Crippen MR) is 122 cm³/mol. The summed E-state index contributed by atoms with van der Waals surface area (Å²) in [5, 5.41) is 0. The molecule has 0 aliphatic carbocycles. The van der Waals surface area contributed by atoms with Crippen LogP contribution in [0.3, 0.4) is 0 Å². The molecule has 0 aromatic heterocycles. The van der Waals surface area contributed by atoms with Crippen molar-refractivity contribution in [1.29, 1.82) is 0 Å². The number of sulfonamides is 1. The Morgan fingerprint density at radius 1 is 0.818 bits per heavy atom. The fourth-order valence-corrected chi connectivity index (χ4v) is 5.67. The lowest BCUT2D eigenvalue weighted by Gasteiger charge is -2.41. The third kappa shape index (κ3) is 5.59. The van der Waals surface area contributed by atoms with Crippen LogP contribution in [0.1, 0.15) is 30.0 Å². The molecule has 2 saturated heterocycles. The summed E-state index contributed by atoms with van der Waals surface area (Å²) in [6.07, 6.45) is 2.28. The van der Waals surface area contributed by atoms with Gasteiger partial charge >= 0.3 is 0 Å². The zero-order valence-corrected chi connectivity index (χ0v) is 19.5. The van der Waals surface area contributed by atoms with Gasteiger partial charge < -0.3 is 4.90 Å². The highest BCUT2D eigenvalue weighted by Crippen LogP contribution is 2.31. The minimum Gasteiger partial charge on any atom is -0.340 e. The Labute approximate surface area is 193 Å². The van der Waals surface area contributed by atoms with Crippen LogP contribution in [0, 0.1) is 17.6 Å². The van der Waals surface area contributed by atoms with E-state index < -0.39 is 10.0 Å². The average molecular weight is 478 g/mol. The second-order valence-corrected chi connectivity index (χ2v) is 10.8. The van der Waals surface area contributed by atoms with E-state index in [0.717, 1.165) is 11.1 Å². The quantitative estimate of drug-likeness (QED) is 0.665. The van der Waals surface area contributed by atoms with Crippen LogP contribution < -0.4 is 0 Å². The molecule has 2 aliphatic heterocycles. The number of carbonyl (C=O) groups is 1. The van der Waals surface area contributed by atoms with E-state index in [2.05, 4.69) is 4.90 Å². The summed E-state index contributed by atoms with van der Waals surface area (Å²) in [4.78, 5) is 17.2. The molecule has 2 aromatic rings. The Morgan fingerprint density at radius 3 is 1.70 bits per heavy atom. The van der Waals surface area contributed by atoms with Crippen molar-refractivity contribution in [3.05, 3.63) is 71.3 Å². The molecule has 1 amide bonds. The highest BCUT2D eigenvalue weighted by Gasteiger charge is 2.34. The van der Waals surface area contributed by atoms with Gasteiger partial charge in [-0.2, -0.15) is 0 Å². The molecule has 2 heterocycles. The van der Waals surface area contributed by atoms with Gasteiger partial charge in [-0.25, -0.2) is 21.5 Å². The summed E-state index contributed by atoms with van der Waals surface area (Å²) in [5.74, 6) is -0.689. The van der Waals surface area contributed by atoms with Crippen molar-refractivity contribution in [2.45, 2.75) is 18.9 Å². The van der Waals surface area contributed by atoms with Crippen molar-refractivity contribution in [3.63, 3.8) is 0 Å². The van der Waals surface area contributed by atoms with Gasteiger partial charge in [0, 0.05) is 45.2 Å². The first kappa shape index (κ1) is 23.8. The smallest absolute Gasteiger partial charge is 0.225 e. The molecule has 4 rings (SSSR count). The molecule has 178 valence electrons. The van der Waals surface area contributed by atoms with Crippen LogP contribution in [0.15, 0.2) is 48.5 Å². The first-order valence-electron chi connectivity index (χ1n) is 11.2. The number of carbonyl (C=O) groups excluding carboxylic acids is 1. The van der Waals surface area contributed by atoms with Crippen LogP contribution in [0.4, 0.5) is 8.78 Å². The van der Waals surface area contributed by atoms with Gasteiger partial charge in [0.05, 0.1) is 12.3 Å². The maximum atomic E-state index is 13.5. The summed E-state index contributed by atoms with van der Waals surface area (Å²) in [5.41, 5.74) is 1.83. The molecule has 0 radical (unpaired) electrons. The van der Waals surface area contributed by atoms with E-state index in [1.54, 1.807) is 24.3 Å². The SMILES string of the molecule is CS(=O)(=O)N1CCC(C(=O)N2CCN(C(c3ccc(F)cc3)c3ccc(F)cc3)CC2)CC1. The molecule has 0 spiro atoms. The molecule has 0 bridgehead atoms. The van der Waals surface area contributed by atoms with Crippen molar-refractivity contribution >= 4 is 15.9 Å². The third-order valence-corrected chi connectivity index (χ3v) is 7.94. The molecule has 9 heteroatoms. The maximum absolute atomic E-state index is 13.5. The van der Waals surface area contributed by atoms with Crippen LogP contribution in [-0.4, -0.2) is 74.0 Å². The van der Waals surface area contributed by atoms with Gasteiger partial charge in [0.25, 0.3) is 0 Å². The van der Waals surface area contributed by atoms with Crippen LogP contribution in [-0.2, 0) is 14.8 Å². The van der Waals surface area contributed by atoms with Crippen LogP contribution in [0.25, 0.3) is 0 Å². The van der Waals surface area contributed by atoms with Gasteiger partial charge in [-0.1, -0.05) is 24.3 Å². The second-order valence-electron chi connectivity index (χ2n) is 8.80. The van der Waals surface area contributed by atoms with Crippen molar-refractivity contribution in [3.8, 4) is 0 Å². The normalized spacial score (nSPS) is 19.2. The van der Waals surface area contributed by atoms with Gasteiger partial charge in [0.1, 0.15) is 11.6 Å². The topological polar surface area (TPSA) is 60.9 Å². The largest absolute Gasteiger partial charge is 0.340 e. The Bertz CT molecular complexity index is 1020. The zero-order chi connectivity index (χ0) is 23.6. The number of piperazine rings is 1. The molecule has 2 aromatic carbocycles. The zero-order valence-electron chi connectivity index (χ0n) is 18.7. The second kappa shape index (κ2) is 9.87. The van der Waals surface area contributed by atoms with Gasteiger partial charge in [-0.15, -0.1) is 0 Å². The molecule has 2 fully saturated rings. The number of hydrogen-bond acceptors (Lipinski definition) is 4. The van der Waals surface area contributed by atoms with E-state index in [9.17, 15) is 22.0 Å². The lowest BCUT2D eigenvalue weighted by atomic mass is 9.95. The Kier molecular flexibility index (Phi) is 7.11. The summed E-state index contributed by atoms with van der Waals surface area (Å²) in [6.45, 7) is 3.15. The number of benzene rings is 2. The lowest BCUT2D eigenvalue weighted by Crippen LogP contribution is -2.52. The first-order valence-corrected chi connectivity index (χ1v) is 13.1. The molecule has 6 nitrogen and oxygen atoms in total. The van der Waals surface area contributed by atoms with E-state index in [0.29, 0.717) is 52.1 Å². The fraction of sp³-hybridized carbons (Fsp3) is 0.458. The van der Waals surface area contributed by atoms with Crippen molar-refractivity contribution in [1.82, 2.24) is 14.1 Å². The predicted octanol–water partition coefficient (Wildman–Crippen LogP) is 2.87. The van der Waals surface area contributed by atoms with Crippen molar-refractivity contribution in [2.24, 2.45) is 5.92 Å². The number of hydrogen-bond donors (Lipinski definition) is 0. The van der Waals surface area contributed by atoms with E-state index >= 15 is 0 Å². The standard InChI is InChI=1S/C24H29F2N3O3S/c1-33(31,32)29-12-10-20(11-13-29)24(30)28-16-14-27(15-17-28)23(18-2-6-21(25)7-3-18)19-4-8-22(26)9-5-19/h2-9,20,23H,10-17H2,1H3. The number of nitrogens with zero attached hydrogens (tertiary/aromatic N) is 3. The Balaban J connectivity index is 1.43. The summed E-state index contributed by atoms with van der Waals surface area (Å²) in [6, 6.07) is 12.5. The number of rotatable bonds is 5. The monoisotopic (exact) mass is 477 g/mol. The lowest BCUT2D eigenvalue weighted by molar-refractivity contribution is -0.138. The fourth-order valence-electron chi connectivity index (χ4n) is 4.80. The molecular formula is C24H29F2N3O3S. The molecule has 0 N–H and O–H groups in total. The maximum Gasteiger partial charge on any atom is 0.225 e. The van der Waals surface area contributed by atoms with Crippen molar-refractivity contribution < 1.29 is 22.0 Å². The van der Waals surface area contributed by atoms with Crippen LogP contribution in [0.2, 0.25) is 0 Å². The van der Waals surface area contributed by atoms with Crippen molar-refractivity contribution in [2.75, 3.05) is 45.5 Å². The van der Waals surface area contributed by atoms with E-state index in [-0.39, 0.29) is 29.5 Å². The first-order chi connectivity index (χ1) is 15.7. The molecular weight excluding hydrogens is 448 g/mol. The number of halogens is 2. The van der Waals surface area contributed by atoms with Crippen LogP contribution >= 0.6 is 0 Å². The van der Waals surface area contributed by atoms with E-state index in [1.165, 1.54) is 34.8 Å². The number of piperidine rings is 1.